The molecule has 2 rings (SSSR count). The zero-order chi connectivity index (χ0) is 17.2. The standard InChI is InChI=1S/C15H23BrClN3O3/c1-15(2,3)23-14(22)19-6-4-10(5-7-19)12(9-21)20-8-11(16)13(17)18-20/h8,10,12,21H,4-7,9H2,1-3H3. The molecule has 0 aliphatic carbocycles. The molecule has 1 N–H and O–H groups in total. The summed E-state index contributed by atoms with van der Waals surface area (Å²) in [5.41, 5.74) is -0.486. The van der Waals surface area contributed by atoms with Crippen molar-refractivity contribution in [2.75, 3.05) is 19.7 Å². The maximum atomic E-state index is 12.1. The SMILES string of the molecule is CC(C)(C)OC(=O)N1CCC(C(CO)n2cc(Br)c(Cl)n2)CC1. The average molecular weight is 409 g/mol. The highest BCUT2D eigenvalue weighted by Crippen LogP contribution is 2.31. The number of piperidine rings is 1. The van der Waals surface area contributed by atoms with E-state index in [1.807, 2.05) is 20.8 Å². The molecular weight excluding hydrogens is 386 g/mol. The molecule has 0 radical (unpaired) electrons. The van der Waals surface area contributed by atoms with Crippen molar-refractivity contribution >= 4 is 33.6 Å². The Morgan fingerprint density at radius 2 is 2.13 bits per heavy atom. The number of ether oxygens (including phenoxy) is 1. The maximum absolute atomic E-state index is 12.1. The van der Waals surface area contributed by atoms with Gasteiger partial charge >= 0.3 is 6.09 Å². The van der Waals surface area contributed by atoms with Gasteiger partial charge in [-0.25, -0.2) is 4.79 Å². The van der Waals surface area contributed by atoms with Gasteiger partial charge in [0.1, 0.15) is 5.60 Å². The lowest BCUT2D eigenvalue weighted by Crippen LogP contribution is -2.43. The maximum Gasteiger partial charge on any atom is 0.410 e. The van der Waals surface area contributed by atoms with Gasteiger partial charge in [-0.1, -0.05) is 11.6 Å². The third kappa shape index (κ3) is 4.84. The molecule has 0 spiro atoms. The Hall–Kier alpha value is -0.790. The highest BCUT2D eigenvalue weighted by Gasteiger charge is 2.31. The summed E-state index contributed by atoms with van der Waals surface area (Å²) in [6, 6.07) is -0.139. The molecule has 1 aliphatic rings. The van der Waals surface area contributed by atoms with Crippen molar-refractivity contribution in [2.24, 2.45) is 5.92 Å². The lowest BCUT2D eigenvalue weighted by Gasteiger charge is -2.36. The number of amides is 1. The fourth-order valence-corrected chi connectivity index (χ4v) is 3.18. The lowest BCUT2D eigenvalue weighted by molar-refractivity contribution is 0.0142. The van der Waals surface area contributed by atoms with Gasteiger partial charge in [-0.05, 0) is 55.5 Å². The lowest BCUT2D eigenvalue weighted by atomic mass is 9.90. The van der Waals surface area contributed by atoms with E-state index in [4.69, 9.17) is 16.3 Å². The molecule has 6 nitrogen and oxygen atoms in total. The van der Waals surface area contributed by atoms with Crippen molar-refractivity contribution in [2.45, 2.75) is 45.3 Å². The van der Waals surface area contributed by atoms with Crippen LogP contribution in [0.4, 0.5) is 4.79 Å². The summed E-state index contributed by atoms with van der Waals surface area (Å²) in [4.78, 5) is 13.8. The first kappa shape index (κ1) is 18.5. The Labute approximate surface area is 149 Å². The minimum absolute atomic E-state index is 0.0123. The van der Waals surface area contributed by atoms with Gasteiger partial charge in [-0.3, -0.25) is 4.68 Å². The van der Waals surface area contributed by atoms with Crippen LogP contribution in [0.25, 0.3) is 0 Å². The second kappa shape index (κ2) is 7.40. The van der Waals surface area contributed by atoms with Crippen LogP contribution in [0.1, 0.15) is 39.7 Å². The predicted molar refractivity (Wildman–Crippen MR) is 91.6 cm³/mol. The van der Waals surface area contributed by atoms with E-state index >= 15 is 0 Å². The van der Waals surface area contributed by atoms with Gasteiger partial charge in [0.2, 0.25) is 0 Å². The summed E-state index contributed by atoms with van der Waals surface area (Å²) < 4.78 is 7.82. The number of rotatable bonds is 3. The van der Waals surface area contributed by atoms with E-state index in [1.54, 1.807) is 15.8 Å². The number of aliphatic hydroxyl groups is 1. The minimum Gasteiger partial charge on any atom is -0.444 e. The van der Waals surface area contributed by atoms with Crippen LogP contribution in [0.2, 0.25) is 5.15 Å². The molecule has 2 heterocycles. The quantitative estimate of drug-likeness (QED) is 0.831. The fourth-order valence-electron chi connectivity index (χ4n) is 2.76. The van der Waals surface area contributed by atoms with Gasteiger partial charge in [0, 0.05) is 19.3 Å². The Balaban J connectivity index is 1.96. The van der Waals surface area contributed by atoms with Crippen LogP contribution in [0.15, 0.2) is 10.7 Å². The second-order valence-corrected chi connectivity index (χ2v) is 8.01. The van der Waals surface area contributed by atoms with Crippen LogP contribution in [0, 0.1) is 5.92 Å². The van der Waals surface area contributed by atoms with Crippen LogP contribution in [-0.2, 0) is 4.74 Å². The summed E-state index contributed by atoms with van der Waals surface area (Å²) in [5, 5.41) is 14.3. The molecule has 130 valence electrons. The molecule has 0 bridgehead atoms. The smallest absolute Gasteiger partial charge is 0.410 e. The first-order valence-electron chi connectivity index (χ1n) is 7.70. The summed E-state index contributed by atoms with van der Waals surface area (Å²) in [6.07, 6.45) is 3.09. The van der Waals surface area contributed by atoms with E-state index < -0.39 is 5.60 Å². The molecule has 23 heavy (non-hydrogen) atoms. The van der Waals surface area contributed by atoms with Gasteiger partial charge in [0.25, 0.3) is 0 Å². The van der Waals surface area contributed by atoms with Gasteiger partial charge in [-0.15, -0.1) is 0 Å². The monoisotopic (exact) mass is 407 g/mol. The molecule has 1 fully saturated rings. The molecule has 8 heteroatoms. The third-order valence-corrected chi connectivity index (χ3v) is 5.00. The van der Waals surface area contributed by atoms with Crippen molar-refractivity contribution in [3.8, 4) is 0 Å². The van der Waals surface area contributed by atoms with Crippen LogP contribution in [-0.4, -0.2) is 51.2 Å². The average Bonchev–Trinajstić information content (AvgIpc) is 2.78. The first-order chi connectivity index (χ1) is 10.7. The van der Waals surface area contributed by atoms with Crippen molar-refractivity contribution in [1.82, 2.24) is 14.7 Å². The zero-order valence-electron chi connectivity index (χ0n) is 13.6. The number of carbonyl (C=O) groups is 1. The van der Waals surface area contributed by atoms with E-state index in [-0.39, 0.29) is 24.7 Å². The topological polar surface area (TPSA) is 67.6 Å². The molecular formula is C15H23BrClN3O3. The minimum atomic E-state index is -0.486. The van der Waals surface area contributed by atoms with Crippen molar-refractivity contribution in [1.29, 1.82) is 0 Å². The van der Waals surface area contributed by atoms with Crippen LogP contribution >= 0.6 is 27.5 Å². The number of aliphatic hydroxyl groups excluding tert-OH is 1. The highest BCUT2D eigenvalue weighted by molar-refractivity contribution is 9.10. The third-order valence-electron chi connectivity index (χ3n) is 3.91. The summed E-state index contributed by atoms with van der Waals surface area (Å²) >= 11 is 9.29. The van der Waals surface area contributed by atoms with Crippen LogP contribution in [0.5, 0.6) is 0 Å². The molecule has 1 aliphatic heterocycles. The van der Waals surface area contributed by atoms with Gasteiger partial charge in [0.05, 0.1) is 17.1 Å². The molecule has 1 saturated heterocycles. The van der Waals surface area contributed by atoms with Crippen LogP contribution in [0.3, 0.4) is 0 Å². The molecule has 1 aromatic heterocycles. The van der Waals surface area contributed by atoms with Gasteiger partial charge in [0.15, 0.2) is 5.15 Å². The van der Waals surface area contributed by atoms with E-state index in [0.717, 1.165) is 12.8 Å². The molecule has 0 saturated carbocycles. The van der Waals surface area contributed by atoms with Gasteiger partial charge < -0.3 is 14.7 Å². The second-order valence-electron chi connectivity index (χ2n) is 6.80. The van der Waals surface area contributed by atoms with E-state index in [0.29, 0.717) is 22.7 Å². The number of halogens is 2. The number of likely N-dealkylation sites (tertiary alicyclic amines) is 1. The molecule has 1 amide bonds. The predicted octanol–water partition coefficient (Wildman–Crippen LogP) is 3.48. The van der Waals surface area contributed by atoms with Crippen molar-refractivity contribution < 1.29 is 14.6 Å². The van der Waals surface area contributed by atoms with E-state index in [1.165, 1.54) is 0 Å². The number of hydrogen-bond donors (Lipinski definition) is 1. The van der Waals surface area contributed by atoms with Crippen LogP contribution < -0.4 is 0 Å². The summed E-state index contributed by atoms with van der Waals surface area (Å²) in [5.74, 6) is 0.238. The fraction of sp³-hybridized carbons (Fsp3) is 0.733. The van der Waals surface area contributed by atoms with E-state index in [9.17, 15) is 9.90 Å². The van der Waals surface area contributed by atoms with Gasteiger partial charge in [-0.2, -0.15) is 5.10 Å². The Bertz CT molecular complexity index is 531. The largest absolute Gasteiger partial charge is 0.444 e. The molecule has 1 atom stereocenters. The first-order valence-corrected chi connectivity index (χ1v) is 8.87. The molecule has 1 unspecified atom stereocenters. The Morgan fingerprint density at radius 3 is 2.57 bits per heavy atom. The summed E-state index contributed by atoms with van der Waals surface area (Å²) in [7, 11) is 0. The summed E-state index contributed by atoms with van der Waals surface area (Å²) in [6.45, 7) is 6.80. The molecule has 0 aromatic carbocycles. The Kier molecular flexibility index (Phi) is 5.97. The van der Waals surface area contributed by atoms with Crippen molar-refractivity contribution in [3.63, 3.8) is 0 Å². The number of nitrogens with zero attached hydrogens (tertiary/aromatic N) is 3. The number of hydrogen-bond acceptors (Lipinski definition) is 4. The molecule has 1 aromatic rings. The zero-order valence-corrected chi connectivity index (χ0v) is 16.0. The Morgan fingerprint density at radius 1 is 1.52 bits per heavy atom. The highest BCUT2D eigenvalue weighted by atomic mass is 79.9. The number of aromatic nitrogens is 2. The normalized spacial score (nSPS) is 18.1. The van der Waals surface area contributed by atoms with E-state index in [2.05, 4.69) is 21.0 Å². The number of carbonyl (C=O) groups excluding carboxylic acids is 1. The van der Waals surface area contributed by atoms with Crippen molar-refractivity contribution in [3.05, 3.63) is 15.8 Å².